The SMILES string of the molecule is CN(Cc1ccccc1N1CCCC1)C(=O)c1cccc(S(=O)(=O)NC2CCCC2)c1. The first-order chi connectivity index (χ1) is 14.9. The zero-order valence-electron chi connectivity index (χ0n) is 18.1. The summed E-state index contributed by atoms with van der Waals surface area (Å²) in [5.41, 5.74) is 2.67. The zero-order valence-corrected chi connectivity index (χ0v) is 18.9. The molecule has 0 bridgehead atoms. The first kappa shape index (κ1) is 21.8. The minimum absolute atomic E-state index is 0.00544. The Kier molecular flexibility index (Phi) is 6.62. The maximum Gasteiger partial charge on any atom is 0.253 e. The minimum Gasteiger partial charge on any atom is -0.371 e. The molecule has 166 valence electrons. The van der Waals surface area contributed by atoms with E-state index in [9.17, 15) is 13.2 Å². The number of carbonyl (C=O) groups excluding carboxylic acids is 1. The summed E-state index contributed by atoms with van der Waals surface area (Å²) in [5, 5.41) is 0. The molecule has 2 aliphatic rings. The van der Waals surface area contributed by atoms with Crippen LogP contribution in [0.4, 0.5) is 5.69 Å². The predicted molar refractivity (Wildman–Crippen MR) is 123 cm³/mol. The molecule has 1 saturated heterocycles. The molecule has 0 spiro atoms. The van der Waals surface area contributed by atoms with Crippen molar-refractivity contribution in [2.75, 3.05) is 25.0 Å². The molecule has 0 unspecified atom stereocenters. The molecular weight excluding hydrogens is 410 g/mol. The summed E-state index contributed by atoms with van der Waals surface area (Å²) >= 11 is 0. The molecule has 2 aromatic rings. The summed E-state index contributed by atoms with van der Waals surface area (Å²) in [6.45, 7) is 2.56. The number of anilines is 1. The molecule has 1 aliphatic heterocycles. The van der Waals surface area contributed by atoms with Crippen molar-refractivity contribution in [3.63, 3.8) is 0 Å². The van der Waals surface area contributed by atoms with Gasteiger partial charge in [0.25, 0.3) is 5.91 Å². The molecule has 2 fully saturated rings. The number of amides is 1. The summed E-state index contributed by atoms with van der Waals surface area (Å²) < 4.78 is 28.3. The Hall–Kier alpha value is -2.38. The number of rotatable bonds is 7. The van der Waals surface area contributed by atoms with Gasteiger partial charge in [0.1, 0.15) is 0 Å². The van der Waals surface area contributed by atoms with Gasteiger partial charge in [-0.15, -0.1) is 0 Å². The number of hydrogen-bond acceptors (Lipinski definition) is 4. The molecule has 0 aromatic heterocycles. The van der Waals surface area contributed by atoms with E-state index < -0.39 is 10.0 Å². The van der Waals surface area contributed by atoms with Crippen LogP contribution >= 0.6 is 0 Å². The lowest BCUT2D eigenvalue weighted by atomic mass is 10.1. The second kappa shape index (κ2) is 9.40. The third-order valence-corrected chi connectivity index (χ3v) is 7.78. The van der Waals surface area contributed by atoms with Crippen molar-refractivity contribution in [1.29, 1.82) is 0 Å². The van der Waals surface area contributed by atoms with Crippen LogP contribution in [0.15, 0.2) is 53.4 Å². The Bertz CT molecular complexity index is 1030. The van der Waals surface area contributed by atoms with Crippen LogP contribution < -0.4 is 9.62 Å². The fraction of sp³-hybridized carbons (Fsp3) is 0.458. The third kappa shape index (κ3) is 5.10. The number of para-hydroxylation sites is 1. The standard InChI is InChI=1S/C24H31N3O3S/c1-26(18-20-9-2-5-14-23(20)27-15-6-7-16-27)24(28)19-10-8-13-22(17-19)31(29,30)25-21-11-3-4-12-21/h2,5,8-10,13-14,17,21,25H,3-4,6-7,11-12,15-16,18H2,1H3. The lowest BCUT2D eigenvalue weighted by Crippen LogP contribution is -2.33. The molecule has 31 heavy (non-hydrogen) atoms. The average Bonchev–Trinajstić information content (AvgIpc) is 3.48. The van der Waals surface area contributed by atoms with E-state index in [0.717, 1.165) is 44.3 Å². The van der Waals surface area contributed by atoms with Crippen LogP contribution in [0.3, 0.4) is 0 Å². The molecule has 1 aliphatic carbocycles. The molecule has 1 saturated carbocycles. The van der Waals surface area contributed by atoms with Crippen molar-refractivity contribution in [2.24, 2.45) is 0 Å². The Morgan fingerprint density at radius 2 is 1.74 bits per heavy atom. The van der Waals surface area contributed by atoms with Gasteiger partial charge < -0.3 is 9.80 Å². The normalized spacial score (nSPS) is 17.3. The van der Waals surface area contributed by atoms with E-state index in [1.807, 2.05) is 12.1 Å². The number of benzene rings is 2. The predicted octanol–water partition coefficient (Wildman–Crippen LogP) is 3.78. The van der Waals surface area contributed by atoms with Crippen LogP contribution in [0.2, 0.25) is 0 Å². The summed E-state index contributed by atoms with van der Waals surface area (Å²) in [6.07, 6.45) is 6.23. The third-order valence-electron chi connectivity index (χ3n) is 6.26. The summed E-state index contributed by atoms with van der Waals surface area (Å²) in [5.74, 6) is -0.186. The number of carbonyl (C=O) groups is 1. The van der Waals surface area contributed by atoms with Crippen LogP contribution in [0.1, 0.15) is 54.4 Å². The second-order valence-corrected chi connectivity index (χ2v) is 10.3. The Balaban J connectivity index is 1.49. The van der Waals surface area contributed by atoms with Gasteiger partial charge in [0.2, 0.25) is 10.0 Å². The zero-order chi connectivity index (χ0) is 21.8. The van der Waals surface area contributed by atoms with Gasteiger partial charge in [-0.3, -0.25) is 4.79 Å². The Morgan fingerprint density at radius 1 is 1.03 bits per heavy atom. The lowest BCUT2D eigenvalue weighted by molar-refractivity contribution is 0.0785. The smallest absolute Gasteiger partial charge is 0.253 e. The maximum atomic E-state index is 13.1. The maximum absolute atomic E-state index is 13.1. The molecule has 0 atom stereocenters. The highest BCUT2D eigenvalue weighted by molar-refractivity contribution is 7.89. The van der Waals surface area contributed by atoms with Gasteiger partial charge >= 0.3 is 0 Å². The highest BCUT2D eigenvalue weighted by atomic mass is 32.2. The fourth-order valence-electron chi connectivity index (χ4n) is 4.59. The quantitative estimate of drug-likeness (QED) is 0.710. The van der Waals surface area contributed by atoms with Crippen molar-refractivity contribution >= 4 is 21.6 Å². The van der Waals surface area contributed by atoms with Gasteiger partial charge in [-0.05, 0) is 55.5 Å². The van der Waals surface area contributed by atoms with Crippen molar-refractivity contribution in [3.05, 3.63) is 59.7 Å². The summed E-state index contributed by atoms with van der Waals surface area (Å²) in [7, 11) is -1.86. The van der Waals surface area contributed by atoms with E-state index >= 15 is 0 Å². The van der Waals surface area contributed by atoms with Gasteiger partial charge in [-0.2, -0.15) is 0 Å². The number of nitrogens with one attached hydrogen (secondary N) is 1. The monoisotopic (exact) mass is 441 g/mol. The second-order valence-electron chi connectivity index (χ2n) is 8.61. The first-order valence-corrected chi connectivity index (χ1v) is 12.6. The molecule has 2 aromatic carbocycles. The van der Waals surface area contributed by atoms with Crippen LogP contribution in [-0.2, 0) is 16.6 Å². The van der Waals surface area contributed by atoms with E-state index in [2.05, 4.69) is 21.8 Å². The molecule has 4 rings (SSSR count). The molecule has 0 radical (unpaired) electrons. The van der Waals surface area contributed by atoms with Crippen molar-refractivity contribution in [2.45, 2.75) is 56.0 Å². The van der Waals surface area contributed by atoms with Crippen LogP contribution in [0, 0.1) is 0 Å². The topological polar surface area (TPSA) is 69.7 Å². The summed E-state index contributed by atoms with van der Waals surface area (Å²) in [4.78, 5) is 17.3. The van der Waals surface area contributed by atoms with Crippen molar-refractivity contribution in [3.8, 4) is 0 Å². The molecule has 6 nitrogen and oxygen atoms in total. The molecular formula is C24H31N3O3S. The van der Waals surface area contributed by atoms with Gasteiger partial charge in [0.15, 0.2) is 0 Å². The number of hydrogen-bond donors (Lipinski definition) is 1. The number of sulfonamides is 1. The van der Waals surface area contributed by atoms with Crippen molar-refractivity contribution < 1.29 is 13.2 Å². The molecule has 1 amide bonds. The van der Waals surface area contributed by atoms with Gasteiger partial charge in [0, 0.05) is 44.0 Å². The average molecular weight is 442 g/mol. The van der Waals surface area contributed by atoms with E-state index in [1.54, 1.807) is 30.1 Å². The molecule has 7 heteroatoms. The minimum atomic E-state index is -3.63. The Morgan fingerprint density at radius 3 is 2.48 bits per heavy atom. The van der Waals surface area contributed by atoms with Crippen LogP contribution in [0.5, 0.6) is 0 Å². The van der Waals surface area contributed by atoms with Crippen LogP contribution in [0.25, 0.3) is 0 Å². The van der Waals surface area contributed by atoms with Gasteiger partial charge in [0.05, 0.1) is 4.90 Å². The van der Waals surface area contributed by atoms with Gasteiger partial charge in [-0.25, -0.2) is 13.1 Å². The highest BCUT2D eigenvalue weighted by Gasteiger charge is 2.24. The Labute approximate surface area is 185 Å². The van der Waals surface area contributed by atoms with E-state index in [4.69, 9.17) is 0 Å². The summed E-state index contributed by atoms with van der Waals surface area (Å²) in [6, 6.07) is 14.6. The molecule has 1 heterocycles. The first-order valence-electron chi connectivity index (χ1n) is 11.1. The van der Waals surface area contributed by atoms with Crippen LogP contribution in [-0.4, -0.2) is 45.4 Å². The van der Waals surface area contributed by atoms with Crippen molar-refractivity contribution in [1.82, 2.24) is 9.62 Å². The van der Waals surface area contributed by atoms with Gasteiger partial charge in [-0.1, -0.05) is 37.1 Å². The van der Waals surface area contributed by atoms with E-state index in [0.29, 0.717) is 12.1 Å². The van der Waals surface area contributed by atoms with E-state index in [-0.39, 0.29) is 16.8 Å². The fourth-order valence-corrected chi connectivity index (χ4v) is 5.94. The number of nitrogens with zero attached hydrogens (tertiary/aromatic N) is 2. The highest BCUT2D eigenvalue weighted by Crippen LogP contribution is 2.26. The largest absolute Gasteiger partial charge is 0.371 e. The lowest BCUT2D eigenvalue weighted by Gasteiger charge is -2.24. The molecule has 1 N–H and O–H groups in total. The van der Waals surface area contributed by atoms with E-state index in [1.165, 1.54) is 24.6 Å².